The molecule has 0 amide bonds. The first-order valence-corrected chi connectivity index (χ1v) is 13.1. The molecule has 5 aromatic rings. The number of anilines is 1. The number of aromatic amines is 1. The van der Waals surface area contributed by atoms with Crippen LogP contribution in [0.2, 0.25) is 5.02 Å². The van der Waals surface area contributed by atoms with Gasteiger partial charge in [0.25, 0.3) is 5.56 Å². The highest BCUT2D eigenvalue weighted by Gasteiger charge is 2.54. The van der Waals surface area contributed by atoms with Crippen LogP contribution >= 0.6 is 11.6 Å². The van der Waals surface area contributed by atoms with Gasteiger partial charge in [0.2, 0.25) is 5.95 Å². The fourth-order valence-electron chi connectivity index (χ4n) is 5.97. The van der Waals surface area contributed by atoms with Gasteiger partial charge in [-0.2, -0.15) is 9.07 Å². The number of ether oxygens (including phenoxy) is 1. The first kappa shape index (κ1) is 23.1. The number of H-pyrrole nitrogens is 1. The molecule has 3 aromatic heterocycles. The van der Waals surface area contributed by atoms with E-state index in [-0.39, 0.29) is 17.4 Å². The second-order valence-electron chi connectivity index (χ2n) is 10.3. The zero-order chi connectivity index (χ0) is 27.1. The highest BCUT2D eigenvalue weighted by atomic mass is 35.5. The Kier molecular flexibility index (Phi) is 4.84. The van der Waals surface area contributed by atoms with Crippen LogP contribution in [-0.4, -0.2) is 41.3 Å². The van der Waals surface area contributed by atoms with E-state index in [0.29, 0.717) is 45.7 Å². The van der Waals surface area contributed by atoms with Crippen molar-refractivity contribution in [3.8, 4) is 34.0 Å². The lowest BCUT2D eigenvalue weighted by Crippen LogP contribution is -2.26. The van der Waals surface area contributed by atoms with E-state index in [1.165, 1.54) is 11.0 Å². The molecule has 3 aliphatic rings. The zero-order valence-corrected chi connectivity index (χ0v) is 21.6. The van der Waals surface area contributed by atoms with E-state index in [9.17, 15) is 4.79 Å². The van der Waals surface area contributed by atoms with Crippen LogP contribution in [0.1, 0.15) is 29.8 Å². The minimum Gasteiger partial charge on any atom is -0.485 e. The van der Waals surface area contributed by atoms with Gasteiger partial charge >= 0.3 is 0 Å². The third-order valence-electron chi connectivity index (χ3n) is 7.82. The molecule has 0 bridgehead atoms. The second-order valence-corrected chi connectivity index (χ2v) is 10.7. The molecule has 0 spiro atoms. The van der Waals surface area contributed by atoms with Crippen molar-refractivity contribution in [1.82, 2.24) is 34.7 Å². The fraction of sp³-hybridized carbons (Fsp3) is 0.179. The number of benzene rings is 2. The molecule has 10 nitrogen and oxygen atoms in total. The predicted molar refractivity (Wildman–Crippen MR) is 145 cm³/mol. The van der Waals surface area contributed by atoms with Gasteiger partial charge in [0.05, 0.1) is 23.1 Å². The number of aromatic nitrogens is 7. The summed E-state index contributed by atoms with van der Waals surface area (Å²) in [6, 6.07) is 13.9. The maximum atomic E-state index is 15.4. The number of pyridine rings is 1. The summed E-state index contributed by atoms with van der Waals surface area (Å²) in [7, 11) is 0. The quantitative estimate of drug-likeness (QED) is 0.331. The zero-order valence-electron chi connectivity index (χ0n) is 20.8. The van der Waals surface area contributed by atoms with Crippen LogP contribution < -0.4 is 15.6 Å². The first-order chi connectivity index (χ1) is 19.4. The normalized spacial score (nSPS) is 20.4. The van der Waals surface area contributed by atoms with E-state index < -0.39 is 12.0 Å². The van der Waals surface area contributed by atoms with E-state index in [4.69, 9.17) is 16.3 Å². The Balaban J connectivity index is 1.19. The standard InChI is InChI=1S/C28H20ClFN8O2/c1-13-11-40-23-7-14(2-4-20(23)32-13)28-33-25(27(30)34-28)26-19-10-18(19)22-6-15(8-24(39)38(22)26)17-9-16(29)3-5-21(17)37-12-31-35-36-37/h2-9,12,18-19,26,32H,1,10-11H2,(H,33,34). The Labute approximate surface area is 231 Å². The molecule has 5 heterocycles. The Bertz CT molecular complexity index is 1910. The molecular weight excluding hydrogens is 535 g/mol. The summed E-state index contributed by atoms with van der Waals surface area (Å²) < 4.78 is 24.4. The summed E-state index contributed by atoms with van der Waals surface area (Å²) in [6.45, 7) is 4.24. The van der Waals surface area contributed by atoms with Crippen LogP contribution in [0, 0.1) is 11.9 Å². The monoisotopic (exact) mass is 554 g/mol. The molecule has 1 fully saturated rings. The number of tetrazole rings is 1. The maximum absolute atomic E-state index is 15.4. The van der Waals surface area contributed by atoms with Crippen LogP contribution in [0.4, 0.5) is 10.1 Å². The van der Waals surface area contributed by atoms with Crippen LogP contribution in [0.15, 0.2) is 71.9 Å². The summed E-state index contributed by atoms with van der Waals surface area (Å²) in [6.07, 6.45) is 2.35. The summed E-state index contributed by atoms with van der Waals surface area (Å²) in [5, 5.41) is 15.1. The summed E-state index contributed by atoms with van der Waals surface area (Å²) in [5.74, 6) is 0.656. The minimum absolute atomic E-state index is 0.103. The van der Waals surface area contributed by atoms with Crippen LogP contribution in [0.25, 0.3) is 28.2 Å². The molecule has 2 aliphatic heterocycles. The Hall–Kier alpha value is -4.77. The van der Waals surface area contributed by atoms with Gasteiger partial charge in [-0.05, 0) is 70.8 Å². The molecule has 2 N–H and O–H groups in total. The second kappa shape index (κ2) is 8.36. The van der Waals surface area contributed by atoms with Gasteiger partial charge in [-0.25, -0.2) is 4.98 Å². The number of hydrogen-bond acceptors (Lipinski definition) is 7. The molecule has 1 aliphatic carbocycles. The lowest BCUT2D eigenvalue weighted by molar-refractivity contribution is 0.347. The van der Waals surface area contributed by atoms with E-state index in [1.807, 2.05) is 24.3 Å². The Morgan fingerprint density at radius 1 is 1.12 bits per heavy atom. The molecule has 8 rings (SSSR count). The molecule has 0 radical (unpaired) electrons. The van der Waals surface area contributed by atoms with Gasteiger partial charge < -0.3 is 19.6 Å². The van der Waals surface area contributed by atoms with E-state index in [1.54, 1.807) is 28.8 Å². The molecular formula is C28H20ClFN8O2. The fourth-order valence-corrected chi connectivity index (χ4v) is 6.14. The van der Waals surface area contributed by atoms with Gasteiger partial charge in [-0.15, -0.1) is 5.10 Å². The first-order valence-electron chi connectivity index (χ1n) is 12.7. The van der Waals surface area contributed by atoms with Crippen molar-refractivity contribution in [3.05, 3.63) is 99.8 Å². The number of imidazole rings is 1. The largest absolute Gasteiger partial charge is 0.485 e. The van der Waals surface area contributed by atoms with E-state index in [2.05, 4.69) is 37.4 Å². The lowest BCUT2D eigenvalue weighted by Gasteiger charge is -2.21. The van der Waals surface area contributed by atoms with Crippen molar-refractivity contribution < 1.29 is 9.13 Å². The molecule has 12 heteroatoms. The van der Waals surface area contributed by atoms with E-state index in [0.717, 1.165) is 29.1 Å². The molecule has 3 atom stereocenters. The molecule has 198 valence electrons. The van der Waals surface area contributed by atoms with Crippen molar-refractivity contribution in [3.63, 3.8) is 0 Å². The molecule has 1 saturated carbocycles. The van der Waals surface area contributed by atoms with Crippen molar-refractivity contribution in [1.29, 1.82) is 0 Å². The number of hydrogen-bond donors (Lipinski definition) is 2. The van der Waals surface area contributed by atoms with Gasteiger partial charge in [-0.1, -0.05) is 18.2 Å². The minimum atomic E-state index is -0.615. The number of nitrogens with zero attached hydrogens (tertiary/aromatic N) is 6. The number of fused-ring (bicyclic) bond motifs is 4. The maximum Gasteiger partial charge on any atom is 0.251 e. The summed E-state index contributed by atoms with van der Waals surface area (Å²) >= 11 is 6.33. The SMILES string of the molecule is C=C1COc2cc(-c3nc(F)c(C4C5CC5c5cc(-c6cc(Cl)ccc6-n6cnnn6)cc(=O)n54)[nH]3)ccc2N1. The predicted octanol–water partition coefficient (Wildman–Crippen LogP) is 4.70. The van der Waals surface area contributed by atoms with E-state index >= 15 is 4.39 Å². The van der Waals surface area contributed by atoms with Crippen LogP contribution in [0.3, 0.4) is 0 Å². The topological polar surface area (TPSA) is 116 Å². The molecule has 0 saturated heterocycles. The van der Waals surface area contributed by atoms with Crippen LogP contribution in [-0.2, 0) is 0 Å². The van der Waals surface area contributed by atoms with Crippen molar-refractivity contribution in [2.45, 2.75) is 18.4 Å². The lowest BCUT2D eigenvalue weighted by atomic mass is 10.0. The molecule has 2 aromatic carbocycles. The van der Waals surface area contributed by atoms with Gasteiger partial charge in [0.1, 0.15) is 24.5 Å². The van der Waals surface area contributed by atoms with Gasteiger partial charge in [-0.3, -0.25) is 4.79 Å². The number of nitrogens with one attached hydrogen (secondary N) is 2. The highest BCUT2D eigenvalue weighted by molar-refractivity contribution is 6.31. The van der Waals surface area contributed by atoms with Crippen molar-refractivity contribution in [2.75, 3.05) is 11.9 Å². The van der Waals surface area contributed by atoms with Crippen molar-refractivity contribution >= 4 is 17.3 Å². The van der Waals surface area contributed by atoms with Crippen molar-refractivity contribution in [2.24, 2.45) is 5.92 Å². The molecule has 3 unspecified atom stereocenters. The van der Waals surface area contributed by atoms with Crippen LogP contribution in [0.5, 0.6) is 5.75 Å². The average Bonchev–Trinajstić information content (AvgIpc) is 3.23. The highest BCUT2D eigenvalue weighted by Crippen LogP contribution is 2.61. The smallest absolute Gasteiger partial charge is 0.251 e. The average molecular weight is 555 g/mol. The number of rotatable bonds is 4. The third-order valence-corrected chi connectivity index (χ3v) is 8.05. The molecule has 40 heavy (non-hydrogen) atoms. The number of halogens is 2. The Morgan fingerprint density at radius 2 is 2.02 bits per heavy atom. The third kappa shape index (κ3) is 3.51. The van der Waals surface area contributed by atoms with Gasteiger partial charge in [0.15, 0.2) is 0 Å². The summed E-state index contributed by atoms with van der Waals surface area (Å²) in [4.78, 5) is 21.0. The van der Waals surface area contributed by atoms with Gasteiger partial charge in [0, 0.05) is 39.5 Å². The summed E-state index contributed by atoms with van der Waals surface area (Å²) in [5.41, 5.74) is 5.31. The Morgan fingerprint density at radius 3 is 2.88 bits per heavy atom.